The number of benzene rings is 3. The van der Waals surface area contributed by atoms with Crippen LogP contribution in [0.25, 0.3) is 11.1 Å². The van der Waals surface area contributed by atoms with Gasteiger partial charge in [-0.2, -0.15) is 9.29 Å². The number of aromatic nitrogens is 1. The zero-order valence-corrected chi connectivity index (χ0v) is 17.5. The van der Waals surface area contributed by atoms with Crippen LogP contribution in [0.15, 0.2) is 94.2 Å². The minimum absolute atomic E-state index is 0.120. The summed E-state index contributed by atoms with van der Waals surface area (Å²) in [6, 6.07) is 26.0. The molecule has 0 unspecified atom stereocenters. The highest BCUT2D eigenvalue weighted by atomic mass is 32.2. The third-order valence-electron chi connectivity index (χ3n) is 4.85. The third kappa shape index (κ3) is 4.22. The maximum absolute atomic E-state index is 13.4. The first-order chi connectivity index (χ1) is 14.6. The molecule has 0 bridgehead atoms. The van der Waals surface area contributed by atoms with Gasteiger partial charge in [0, 0.05) is 13.1 Å². The molecule has 0 amide bonds. The molecule has 0 aliphatic heterocycles. The number of hydrogen-bond acceptors (Lipinski definition) is 5. The molecule has 6 nitrogen and oxygen atoms in total. The molecular formula is C23H23N3O3S. The molecule has 3 aromatic carbocycles. The van der Waals surface area contributed by atoms with Crippen molar-refractivity contribution in [1.82, 2.24) is 9.29 Å². The van der Waals surface area contributed by atoms with Crippen LogP contribution in [-0.2, 0) is 16.6 Å². The molecule has 0 radical (unpaired) electrons. The summed E-state index contributed by atoms with van der Waals surface area (Å²) in [5.74, 6) is 0. The van der Waals surface area contributed by atoms with E-state index >= 15 is 0 Å². The molecule has 154 valence electrons. The summed E-state index contributed by atoms with van der Waals surface area (Å²) in [4.78, 5) is 6.62. The van der Waals surface area contributed by atoms with Crippen LogP contribution in [0.1, 0.15) is 12.5 Å². The Kier molecular flexibility index (Phi) is 5.83. The van der Waals surface area contributed by atoms with E-state index in [2.05, 4.69) is 4.98 Å². The van der Waals surface area contributed by atoms with Crippen molar-refractivity contribution < 1.29 is 12.8 Å². The van der Waals surface area contributed by atoms with Gasteiger partial charge in [0.25, 0.3) is 6.01 Å². The minimum atomic E-state index is -3.72. The van der Waals surface area contributed by atoms with Gasteiger partial charge in [-0.25, -0.2) is 8.42 Å². The Morgan fingerprint density at radius 3 is 2.17 bits per heavy atom. The van der Waals surface area contributed by atoms with Crippen molar-refractivity contribution in [2.45, 2.75) is 18.4 Å². The lowest BCUT2D eigenvalue weighted by molar-refractivity contribution is 0.391. The summed E-state index contributed by atoms with van der Waals surface area (Å²) in [5.41, 5.74) is 2.32. The Hall–Kier alpha value is -3.16. The van der Waals surface area contributed by atoms with E-state index in [1.54, 1.807) is 30.3 Å². The van der Waals surface area contributed by atoms with Crippen molar-refractivity contribution in [3.63, 3.8) is 0 Å². The highest BCUT2D eigenvalue weighted by molar-refractivity contribution is 7.89. The Bertz CT molecular complexity index is 1180. The summed E-state index contributed by atoms with van der Waals surface area (Å²) in [6.07, 6.45) is 0. The van der Waals surface area contributed by atoms with Gasteiger partial charge in [0.1, 0.15) is 5.52 Å². The molecule has 0 aliphatic rings. The molecule has 4 aromatic rings. The molecular weight excluding hydrogens is 398 g/mol. The number of oxazole rings is 1. The van der Waals surface area contributed by atoms with E-state index < -0.39 is 10.0 Å². The predicted molar refractivity (Wildman–Crippen MR) is 118 cm³/mol. The fourth-order valence-corrected chi connectivity index (χ4v) is 4.63. The van der Waals surface area contributed by atoms with E-state index in [1.807, 2.05) is 66.4 Å². The number of fused-ring (bicyclic) bond motifs is 1. The molecule has 0 saturated carbocycles. The third-order valence-corrected chi connectivity index (χ3v) is 6.64. The van der Waals surface area contributed by atoms with Crippen molar-refractivity contribution in [3.8, 4) is 0 Å². The first-order valence-electron chi connectivity index (χ1n) is 9.77. The maximum atomic E-state index is 13.4. The van der Waals surface area contributed by atoms with Crippen LogP contribution in [0.3, 0.4) is 0 Å². The molecule has 1 aromatic heterocycles. The zero-order valence-electron chi connectivity index (χ0n) is 16.7. The van der Waals surface area contributed by atoms with Gasteiger partial charge in [0.2, 0.25) is 10.0 Å². The number of para-hydroxylation sites is 2. The van der Waals surface area contributed by atoms with Crippen LogP contribution in [0.2, 0.25) is 0 Å². The van der Waals surface area contributed by atoms with E-state index in [9.17, 15) is 8.42 Å². The lowest BCUT2D eigenvalue weighted by atomic mass is 10.2. The fraction of sp³-hybridized carbons (Fsp3) is 0.174. The summed E-state index contributed by atoms with van der Waals surface area (Å²) in [6.45, 7) is 2.86. The molecule has 7 heteroatoms. The van der Waals surface area contributed by atoms with Gasteiger partial charge in [0.05, 0.1) is 11.6 Å². The summed E-state index contributed by atoms with van der Waals surface area (Å²) < 4.78 is 34.2. The number of nitrogens with zero attached hydrogens (tertiary/aromatic N) is 3. The highest BCUT2D eigenvalue weighted by Crippen LogP contribution is 2.24. The lowest BCUT2D eigenvalue weighted by Crippen LogP contribution is -2.41. The predicted octanol–water partition coefficient (Wildman–Crippen LogP) is 4.50. The van der Waals surface area contributed by atoms with Gasteiger partial charge in [-0.05, 0) is 36.8 Å². The van der Waals surface area contributed by atoms with Crippen molar-refractivity contribution in [2.75, 3.05) is 18.1 Å². The molecule has 1 heterocycles. The first-order valence-corrected chi connectivity index (χ1v) is 11.2. The quantitative estimate of drug-likeness (QED) is 0.392. The Labute approximate surface area is 176 Å². The van der Waals surface area contributed by atoms with Gasteiger partial charge in [-0.1, -0.05) is 60.7 Å². The van der Waals surface area contributed by atoms with Crippen LogP contribution in [0.4, 0.5) is 6.01 Å². The van der Waals surface area contributed by atoms with Crippen LogP contribution in [0.5, 0.6) is 0 Å². The Morgan fingerprint density at radius 1 is 0.867 bits per heavy atom. The lowest BCUT2D eigenvalue weighted by Gasteiger charge is -2.28. The smallest absolute Gasteiger partial charge is 0.299 e. The Balaban J connectivity index is 1.69. The fourth-order valence-electron chi connectivity index (χ4n) is 3.22. The van der Waals surface area contributed by atoms with E-state index in [0.29, 0.717) is 18.1 Å². The van der Waals surface area contributed by atoms with E-state index in [4.69, 9.17) is 4.42 Å². The largest absolute Gasteiger partial charge is 0.423 e. The monoisotopic (exact) mass is 421 g/mol. The van der Waals surface area contributed by atoms with Gasteiger partial charge in [-0.3, -0.25) is 0 Å². The normalized spacial score (nSPS) is 11.8. The average molecular weight is 422 g/mol. The number of sulfonamides is 1. The van der Waals surface area contributed by atoms with Gasteiger partial charge < -0.3 is 9.32 Å². The molecule has 30 heavy (non-hydrogen) atoms. The molecule has 0 spiro atoms. The summed E-state index contributed by atoms with van der Waals surface area (Å²) in [5, 5.41) is 0. The van der Waals surface area contributed by atoms with Crippen LogP contribution in [0, 0.1) is 0 Å². The van der Waals surface area contributed by atoms with Gasteiger partial charge in [-0.15, -0.1) is 0 Å². The van der Waals surface area contributed by atoms with Crippen LogP contribution >= 0.6 is 0 Å². The second kappa shape index (κ2) is 8.69. The Morgan fingerprint density at radius 2 is 1.50 bits per heavy atom. The van der Waals surface area contributed by atoms with Crippen LogP contribution in [-0.4, -0.2) is 30.9 Å². The highest BCUT2D eigenvalue weighted by Gasteiger charge is 2.27. The molecule has 0 N–H and O–H groups in total. The molecule has 0 fully saturated rings. The van der Waals surface area contributed by atoms with Crippen LogP contribution < -0.4 is 4.90 Å². The van der Waals surface area contributed by atoms with E-state index in [-0.39, 0.29) is 18.1 Å². The molecule has 4 rings (SSSR count). The van der Waals surface area contributed by atoms with Crippen molar-refractivity contribution in [2.24, 2.45) is 0 Å². The number of hydrogen-bond donors (Lipinski definition) is 0. The second-order valence-corrected chi connectivity index (χ2v) is 8.81. The second-order valence-electron chi connectivity index (χ2n) is 6.88. The number of anilines is 1. The summed E-state index contributed by atoms with van der Waals surface area (Å²) >= 11 is 0. The zero-order chi connectivity index (χ0) is 21.0. The topological polar surface area (TPSA) is 66.7 Å². The SMILES string of the molecule is CCN(CN(Cc1ccccc1)S(=O)(=O)c1ccccc1)c1nc2ccccc2o1. The minimum Gasteiger partial charge on any atom is -0.423 e. The molecule has 0 aliphatic carbocycles. The molecule has 0 saturated heterocycles. The van der Waals surface area contributed by atoms with Crippen molar-refractivity contribution >= 4 is 27.1 Å². The van der Waals surface area contributed by atoms with Crippen molar-refractivity contribution in [1.29, 1.82) is 0 Å². The van der Waals surface area contributed by atoms with E-state index in [0.717, 1.165) is 11.1 Å². The van der Waals surface area contributed by atoms with E-state index in [1.165, 1.54) is 4.31 Å². The standard InChI is InChI=1S/C23H23N3O3S/c1-2-25(23-24-21-15-9-10-16-22(21)29-23)18-26(17-19-11-5-3-6-12-19)30(27,28)20-13-7-4-8-14-20/h3-16H,2,17-18H2,1H3. The number of rotatable bonds is 8. The molecule has 0 atom stereocenters. The van der Waals surface area contributed by atoms with Crippen molar-refractivity contribution in [3.05, 3.63) is 90.5 Å². The average Bonchev–Trinajstić information content (AvgIpc) is 3.22. The first kappa shape index (κ1) is 20.1. The van der Waals surface area contributed by atoms with Gasteiger partial charge >= 0.3 is 0 Å². The summed E-state index contributed by atoms with van der Waals surface area (Å²) in [7, 11) is -3.72. The van der Waals surface area contributed by atoms with Gasteiger partial charge in [0.15, 0.2) is 5.58 Å². The maximum Gasteiger partial charge on any atom is 0.299 e.